The zero-order valence-corrected chi connectivity index (χ0v) is 13.1. The monoisotopic (exact) mass is 319 g/mol. The lowest BCUT2D eigenvalue weighted by atomic mass is 10.1. The van der Waals surface area contributed by atoms with Gasteiger partial charge in [0.25, 0.3) is 0 Å². The maximum Gasteiger partial charge on any atom is 0.408 e. The highest BCUT2D eigenvalue weighted by atomic mass is 16.6. The zero-order chi connectivity index (χ0) is 16.7. The Bertz CT molecular complexity index is 553. The molecule has 1 fully saturated rings. The summed E-state index contributed by atoms with van der Waals surface area (Å²) in [7, 11) is 1.22. The van der Waals surface area contributed by atoms with E-state index in [0.717, 1.165) is 18.4 Å². The molecule has 23 heavy (non-hydrogen) atoms. The Balaban J connectivity index is 1.82. The second-order valence-electron chi connectivity index (χ2n) is 5.67. The van der Waals surface area contributed by atoms with Crippen LogP contribution in [0.4, 0.5) is 4.79 Å². The van der Waals surface area contributed by atoms with Crippen molar-refractivity contribution in [3.8, 4) is 0 Å². The maximum absolute atomic E-state index is 11.9. The van der Waals surface area contributed by atoms with Crippen LogP contribution < -0.4 is 5.32 Å². The van der Waals surface area contributed by atoms with Gasteiger partial charge in [-0.1, -0.05) is 30.3 Å². The van der Waals surface area contributed by atoms with E-state index in [-0.39, 0.29) is 18.8 Å². The number of esters is 1. The first kappa shape index (κ1) is 17.0. The van der Waals surface area contributed by atoms with E-state index in [1.165, 1.54) is 7.11 Å². The highest BCUT2D eigenvalue weighted by molar-refractivity contribution is 5.89. The van der Waals surface area contributed by atoms with Gasteiger partial charge in [-0.25, -0.2) is 9.59 Å². The second kappa shape index (κ2) is 8.31. The van der Waals surface area contributed by atoms with Crippen LogP contribution in [0.25, 0.3) is 0 Å². The summed E-state index contributed by atoms with van der Waals surface area (Å²) in [6.45, 7) is 0.0938. The number of amides is 1. The lowest BCUT2D eigenvalue weighted by Gasteiger charge is -2.15. The Morgan fingerprint density at radius 3 is 2.52 bits per heavy atom. The number of carbonyl (C=O) groups is 3. The van der Waals surface area contributed by atoms with Gasteiger partial charge in [0.1, 0.15) is 18.4 Å². The summed E-state index contributed by atoms with van der Waals surface area (Å²) < 4.78 is 9.70. The summed E-state index contributed by atoms with van der Waals surface area (Å²) in [5.74, 6) is -0.261. The predicted molar refractivity (Wildman–Crippen MR) is 82.5 cm³/mol. The molecule has 0 spiro atoms. The van der Waals surface area contributed by atoms with Crippen LogP contribution in [-0.4, -0.2) is 31.0 Å². The van der Waals surface area contributed by atoms with Crippen LogP contribution >= 0.6 is 0 Å². The molecule has 1 unspecified atom stereocenters. The predicted octanol–water partition coefficient (Wildman–Crippen LogP) is 2.21. The van der Waals surface area contributed by atoms with Gasteiger partial charge in [0.2, 0.25) is 0 Å². The molecular formula is C17H21NO5. The van der Waals surface area contributed by atoms with Crippen molar-refractivity contribution < 1.29 is 23.9 Å². The van der Waals surface area contributed by atoms with Crippen molar-refractivity contribution in [2.75, 3.05) is 7.11 Å². The Morgan fingerprint density at radius 2 is 1.91 bits per heavy atom. The molecule has 1 saturated carbocycles. The molecule has 1 aromatic rings. The number of Topliss-reactive ketones (excluding diaryl/α,β-unsaturated/α-hetero) is 1. The number of hydrogen-bond acceptors (Lipinski definition) is 5. The minimum Gasteiger partial charge on any atom is -0.467 e. The summed E-state index contributed by atoms with van der Waals surface area (Å²) in [6.07, 6.45) is 1.75. The molecule has 1 atom stereocenters. The summed E-state index contributed by atoms with van der Waals surface area (Å²) in [5.41, 5.74) is 0.835. The van der Waals surface area contributed by atoms with Gasteiger partial charge in [0, 0.05) is 12.8 Å². The molecule has 2 rings (SSSR count). The minimum absolute atomic E-state index is 0.0498. The molecule has 1 N–H and O–H groups in total. The number of nitrogens with one attached hydrogen (secondary N) is 1. The fourth-order valence-electron chi connectivity index (χ4n) is 2.20. The first-order valence-corrected chi connectivity index (χ1v) is 7.65. The molecule has 6 nitrogen and oxygen atoms in total. The van der Waals surface area contributed by atoms with E-state index < -0.39 is 18.1 Å². The standard InChI is InChI=1S/C17H21NO5/c1-22-16(20)15(10-14(19)9-12-7-8-12)18-17(21)23-11-13-5-3-2-4-6-13/h2-6,12,15H,7-11H2,1H3,(H,18,21). The Kier molecular flexibility index (Phi) is 6.14. The molecule has 1 aliphatic carbocycles. The van der Waals surface area contributed by atoms with Crippen LogP contribution in [0.3, 0.4) is 0 Å². The van der Waals surface area contributed by atoms with Gasteiger partial charge in [-0.15, -0.1) is 0 Å². The molecule has 0 heterocycles. The van der Waals surface area contributed by atoms with Crippen molar-refractivity contribution in [1.82, 2.24) is 5.32 Å². The third kappa shape index (κ3) is 6.10. The van der Waals surface area contributed by atoms with Gasteiger partial charge in [-0.05, 0) is 24.3 Å². The molecule has 1 aliphatic rings. The first-order chi connectivity index (χ1) is 11.1. The average molecular weight is 319 g/mol. The number of ketones is 1. The smallest absolute Gasteiger partial charge is 0.408 e. The van der Waals surface area contributed by atoms with Crippen molar-refractivity contribution in [3.05, 3.63) is 35.9 Å². The third-order valence-electron chi connectivity index (χ3n) is 3.64. The number of benzene rings is 1. The van der Waals surface area contributed by atoms with Crippen LogP contribution in [0, 0.1) is 5.92 Å². The lowest BCUT2D eigenvalue weighted by molar-refractivity contribution is -0.144. The molecule has 0 saturated heterocycles. The average Bonchev–Trinajstić information content (AvgIpc) is 3.36. The fraction of sp³-hybridized carbons (Fsp3) is 0.471. The van der Waals surface area contributed by atoms with Crippen LogP contribution in [-0.2, 0) is 25.7 Å². The topological polar surface area (TPSA) is 81.7 Å². The molecule has 124 valence electrons. The van der Waals surface area contributed by atoms with Gasteiger partial charge in [-0.3, -0.25) is 4.79 Å². The van der Waals surface area contributed by atoms with Crippen LogP contribution in [0.1, 0.15) is 31.2 Å². The fourth-order valence-corrected chi connectivity index (χ4v) is 2.20. The Labute approximate surface area is 135 Å². The van der Waals surface area contributed by atoms with Gasteiger partial charge in [0.05, 0.1) is 7.11 Å². The molecule has 1 aromatic carbocycles. The van der Waals surface area contributed by atoms with Crippen molar-refractivity contribution in [3.63, 3.8) is 0 Å². The highest BCUT2D eigenvalue weighted by Gasteiger charge is 2.29. The van der Waals surface area contributed by atoms with E-state index in [0.29, 0.717) is 12.3 Å². The number of methoxy groups -OCH3 is 1. The van der Waals surface area contributed by atoms with Crippen molar-refractivity contribution in [1.29, 1.82) is 0 Å². The molecule has 0 aliphatic heterocycles. The summed E-state index contributed by atoms with van der Waals surface area (Å²) >= 11 is 0. The molecule has 6 heteroatoms. The maximum atomic E-state index is 11.9. The van der Waals surface area contributed by atoms with Gasteiger partial charge < -0.3 is 14.8 Å². The van der Waals surface area contributed by atoms with Gasteiger partial charge in [-0.2, -0.15) is 0 Å². The number of carbonyl (C=O) groups excluding carboxylic acids is 3. The second-order valence-corrected chi connectivity index (χ2v) is 5.67. The van der Waals surface area contributed by atoms with E-state index in [4.69, 9.17) is 4.74 Å². The van der Waals surface area contributed by atoms with E-state index in [1.54, 1.807) is 0 Å². The van der Waals surface area contributed by atoms with Crippen molar-refractivity contribution >= 4 is 17.8 Å². The SMILES string of the molecule is COC(=O)C(CC(=O)CC1CC1)NC(=O)OCc1ccccc1. The molecule has 0 aromatic heterocycles. The largest absolute Gasteiger partial charge is 0.467 e. The highest BCUT2D eigenvalue weighted by Crippen LogP contribution is 2.32. The van der Waals surface area contributed by atoms with Crippen LogP contribution in [0.2, 0.25) is 0 Å². The van der Waals surface area contributed by atoms with Crippen molar-refractivity contribution in [2.24, 2.45) is 5.92 Å². The quantitative estimate of drug-likeness (QED) is 0.743. The van der Waals surface area contributed by atoms with E-state index in [9.17, 15) is 14.4 Å². The normalized spacial score (nSPS) is 14.7. The first-order valence-electron chi connectivity index (χ1n) is 7.65. The summed E-state index contributed by atoms with van der Waals surface area (Å²) in [4.78, 5) is 35.4. The van der Waals surface area contributed by atoms with E-state index >= 15 is 0 Å². The number of hydrogen-bond donors (Lipinski definition) is 1. The molecular weight excluding hydrogens is 298 g/mol. The molecule has 0 bridgehead atoms. The van der Waals surface area contributed by atoms with Crippen LogP contribution in [0.5, 0.6) is 0 Å². The van der Waals surface area contributed by atoms with Gasteiger partial charge >= 0.3 is 12.1 Å². The van der Waals surface area contributed by atoms with E-state index in [1.807, 2.05) is 30.3 Å². The van der Waals surface area contributed by atoms with Gasteiger partial charge in [0.15, 0.2) is 0 Å². The summed E-state index contributed by atoms with van der Waals surface area (Å²) in [5, 5.41) is 2.41. The van der Waals surface area contributed by atoms with E-state index in [2.05, 4.69) is 10.1 Å². The number of ether oxygens (including phenoxy) is 2. The van der Waals surface area contributed by atoms with Crippen LogP contribution in [0.15, 0.2) is 30.3 Å². The summed E-state index contributed by atoms with van der Waals surface area (Å²) in [6, 6.07) is 8.18. The number of rotatable bonds is 8. The number of alkyl carbamates (subject to hydrolysis) is 1. The van der Waals surface area contributed by atoms with Crippen molar-refractivity contribution in [2.45, 2.75) is 38.3 Å². The minimum atomic E-state index is -1.01. The Morgan fingerprint density at radius 1 is 1.22 bits per heavy atom. The Hall–Kier alpha value is -2.37. The molecule has 1 amide bonds. The third-order valence-corrected chi connectivity index (χ3v) is 3.64. The molecule has 0 radical (unpaired) electrons. The lowest BCUT2D eigenvalue weighted by Crippen LogP contribution is -2.43. The zero-order valence-electron chi connectivity index (χ0n) is 13.1.